The lowest BCUT2D eigenvalue weighted by Gasteiger charge is -2.08. The minimum absolute atomic E-state index is 0.0302. The summed E-state index contributed by atoms with van der Waals surface area (Å²) in [6.45, 7) is 0. The van der Waals surface area contributed by atoms with Gasteiger partial charge in [-0.25, -0.2) is 4.39 Å². The number of rotatable bonds is 1. The summed E-state index contributed by atoms with van der Waals surface area (Å²) in [5, 5.41) is 8.94. The van der Waals surface area contributed by atoms with Crippen molar-refractivity contribution in [2.45, 2.75) is 12.3 Å². The van der Waals surface area contributed by atoms with Gasteiger partial charge >= 0.3 is 5.97 Å². The van der Waals surface area contributed by atoms with Crippen LogP contribution in [0.1, 0.15) is 17.0 Å². The SMILES string of the molecule is O=C(O)[C@@H]1[C@@H]2Cc3c(F)ccc(Br)c3[C@H]21. The maximum Gasteiger partial charge on any atom is 0.307 e. The first-order chi connectivity index (χ1) is 7.11. The molecule has 1 aromatic carbocycles. The van der Waals surface area contributed by atoms with E-state index in [2.05, 4.69) is 15.9 Å². The fourth-order valence-corrected chi connectivity index (χ4v) is 3.41. The highest BCUT2D eigenvalue weighted by Crippen LogP contribution is 2.63. The molecule has 0 saturated heterocycles. The summed E-state index contributed by atoms with van der Waals surface area (Å²) in [5.41, 5.74) is 1.59. The molecule has 0 amide bonds. The molecule has 1 saturated carbocycles. The molecule has 2 aliphatic rings. The third-order valence-electron chi connectivity index (χ3n) is 3.47. The van der Waals surface area contributed by atoms with Crippen LogP contribution < -0.4 is 0 Å². The smallest absolute Gasteiger partial charge is 0.307 e. The van der Waals surface area contributed by atoms with E-state index in [0.29, 0.717) is 12.0 Å². The summed E-state index contributed by atoms with van der Waals surface area (Å²) in [6.07, 6.45) is 0.572. The Hall–Kier alpha value is -0.900. The molecule has 2 nitrogen and oxygen atoms in total. The van der Waals surface area contributed by atoms with Crippen LogP contribution in [0.25, 0.3) is 0 Å². The van der Waals surface area contributed by atoms with Gasteiger partial charge in [-0.15, -0.1) is 0 Å². The highest BCUT2D eigenvalue weighted by molar-refractivity contribution is 9.10. The van der Waals surface area contributed by atoms with Crippen molar-refractivity contribution < 1.29 is 14.3 Å². The molecular weight excluding hydrogens is 263 g/mol. The maximum absolute atomic E-state index is 13.4. The zero-order valence-electron chi connectivity index (χ0n) is 7.71. The second-order valence-corrected chi connectivity index (χ2v) is 5.03. The molecule has 0 spiro atoms. The van der Waals surface area contributed by atoms with Gasteiger partial charge in [0.2, 0.25) is 0 Å². The van der Waals surface area contributed by atoms with Gasteiger partial charge in [0.25, 0.3) is 0 Å². The molecule has 3 atom stereocenters. The maximum atomic E-state index is 13.4. The number of aliphatic carboxylic acids is 1. The van der Waals surface area contributed by atoms with Gasteiger partial charge in [0, 0.05) is 10.4 Å². The van der Waals surface area contributed by atoms with E-state index in [1.807, 2.05) is 0 Å². The van der Waals surface area contributed by atoms with Gasteiger partial charge in [0.15, 0.2) is 0 Å². The molecule has 4 heteroatoms. The number of hydrogen-bond acceptors (Lipinski definition) is 1. The lowest BCUT2D eigenvalue weighted by atomic mass is 10.0. The third kappa shape index (κ3) is 1.11. The van der Waals surface area contributed by atoms with E-state index in [1.165, 1.54) is 6.07 Å². The third-order valence-corrected chi connectivity index (χ3v) is 4.17. The van der Waals surface area contributed by atoms with E-state index in [-0.39, 0.29) is 23.6 Å². The van der Waals surface area contributed by atoms with E-state index in [1.54, 1.807) is 6.07 Å². The van der Waals surface area contributed by atoms with Crippen LogP contribution in [0, 0.1) is 17.7 Å². The number of halogens is 2. The zero-order chi connectivity index (χ0) is 10.7. The van der Waals surface area contributed by atoms with Crippen LogP contribution in [0.3, 0.4) is 0 Å². The lowest BCUT2D eigenvalue weighted by Crippen LogP contribution is -2.06. The highest BCUT2D eigenvalue weighted by atomic mass is 79.9. The Bertz CT molecular complexity index is 472. The van der Waals surface area contributed by atoms with Crippen LogP contribution in [0.4, 0.5) is 4.39 Å². The van der Waals surface area contributed by atoms with Crippen molar-refractivity contribution in [2.75, 3.05) is 0 Å². The average molecular weight is 271 g/mol. The molecule has 78 valence electrons. The quantitative estimate of drug-likeness (QED) is 0.852. The van der Waals surface area contributed by atoms with Crippen LogP contribution in [-0.4, -0.2) is 11.1 Å². The Morgan fingerprint density at radius 3 is 2.93 bits per heavy atom. The summed E-state index contributed by atoms with van der Waals surface area (Å²) in [6, 6.07) is 3.09. The van der Waals surface area contributed by atoms with E-state index in [4.69, 9.17) is 5.11 Å². The predicted octanol–water partition coefficient (Wildman–Crippen LogP) is 2.56. The summed E-state index contributed by atoms with van der Waals surface area (Å²) in [5.74, 6) is -1.11. The minimum Gasteiger partial charge on any atom is -0.481 e. The first-order valence-electron chi connectivity index (χ1n) is 4.81. The largest absolute Gasteiger partial charge is 0.481 e. The molecule has 0 unspecified atom stereocenters. The number of fused-ring (bicyclic) bond motifs is 3. The van der Waals surface area contributed by atoms with Gasteiger partial charge < -0.3 is 5.11 Å². The van der Waals surface area contributed by atoms with Gasteiger partial charge in [-0.1, -0.05) is 15.9 Å². The van der Waals surface area contributed by atoms with Crippen molar-refractivity contribution in [1.82, 2.24) is 0 Å². The molecule has 0 bridgehead atoms. The molecular formula is C11H8BrFO2. The van der Waals surface area contributed by atoms with Crippen LogP contribution in [0.15, 0.2) is 16.6 Å². The molecule has 1 N–H and O–H groups in total. The molecule has 2 aliphatic carbocycles. The molecule has 0 radical (unpaired) electrons. The van der Waals surface area contributed by atoms with Crippen molar-refractivity contribution in [1.29, 1.82) is 0 Å². The monoisotopic (exact) mass is 270 g/mol. The second kappa shape index (κ2) is 2.82. The Balaban J connectivity index is 2.09. The number of benzene rings is 1. The summed E-state index contributed by atoms with van der Waals surface area (Å²) < 4.78 is 14.3. The Morgan fingerprint density at radius 1 is 1.53 bits per heavy atom. The van der Waals surface area contributed by atoms with Crippen molar-refractivity contribution in [3.8, 4) is 0 Å². The Kier molecular flexibility index (Phi) is 1.75. The minimum atomic E-state index is -0.758. The van der Waals surface area contributed by atoms with Crippen LogP contribution in [0.2, 0.25) is 0 Å². The highest BCUT2D eigenvalue weighted by Gasteiger charge is 2.60. The van der Waals surface area contributed by atoms with Crippen LogP contribution in [0.5, 0.6) is 0 Å². The summed E-state index contributed by atoms with van der Waals surface area (Å²) >= 11 is 3.37. The fraction of sp³-hybridized carbons (Fsp3) is 0.364. The van der Waals surface area contributed by atoms with Gasteiger partial charge in [0.05, 0.1) is 5.92 Å². The fourth-order valence-electron chi connectivity index (χ4n) is 2.77. The van der Waals surface area contributed by atoms with E-state index in [0.717, 1.165) is 10.0 Å². The van der Waals surface area contributed by atoms with Gasteiger partial charge in [-0.2, -0.15) is 0 Å². The molecule has 0 aromatic heterocycles. The summed E-state index contributed by atoms with van der Waals surface area (Å²) in [7, 11) is 0. The van der Waals surface area contributed by atoms with Gasteiger partial charge in [-0.3, -0.25) is 4.79 Å². The van der Waals surface area contributed by atoms with Crippen molar-refractivity contribution in [2.24, 2.45) is 11.8 Å². The van der Waals surface area contributed by atoms with Crippen molar-refractivity contribution in [3.63, 3.8) is 0 Å². The molecule has 0 aliphatic heterocycles. The Labute approximate surface area is 94.2 Å². The molecule has 15 heavy (non-hydrogen) atoms. The first kappa shape index (κ1) is 9.33. The standard InChI is InChI=1S/C11H8BrFO2/c12-6-1-2-7(13)4-3-5-9(8(4)6)10(5)11(14)15/h1-2,5,9-10H,3H2,(H,14,15)/t5-,9+,10-/m1/s1. The lowest BCUT2D eigenvalue weighted by molar-refractivity contribution is -0.139. The predicted molar refractivity (Wildman–Crippen MR) is 55.2 cm³/mol. The normalized spacial score (nSPS) is 30.9. The van der Waals surface area contributed by atoms with E-state index < -0.39 is 5.97 Å². The van der Waals surface area contributed by atoms with E-state index >= 15 is 0 Å². The van der Waals surface area contributed by atoms with Gasteiger partial charge in [0.1, 0.15) is 5.82 Å². The second-order valence-electron chi connectivity index (χ2n) is 4.18. The van der Waals surface area contributed by atoms with Crippen molar-refractivity contribution in [3.05, 3.63) is 33.5 Å². The molecule has 0 heterocycles. The number of carbonyl (C=O) groups is 1. The number of carboxylic acids is 1. The molecule has 3 rings (SSSR count). The van der Waals surface area contributed by atoms with E-state index in [9.17, 15) is 9.18 Å². The molecule has 1 aromatic rings. The zero-order valence-corrected chi connectivity index (χ0v) is 9.29. The Morgan fingerprint density at radius 2 is 2.27 bits per heavy atom. The molecule has 1 fully saturated rings. The topological polar surface area (TPSA) is 37.3 Å². The van der Waals surface area contributed by atoms with Crippen LogP contribution >= 0.6 is 15.9 Å². The number of carboxylic acid groups (broad SMARTS) is 1. The summed E-state index contributed by atoms with van der Waals surface area (Å²) in [4.78, 5) is 10.9. The van der Waals surface area contributed by atoms with Crippen LogP contribution in [-0.2, 0) is 11.2 Å². The average Bonchev–Trinajstić information content (AvgIpc) is 2.75. The first-order valence-corrected chi connectivity index (χ1v) is 5.60. The van der Waals surface area contributed by atoms with Crippen molar-refractivity contribution >= 4 is 21.9 Å². The van der Waals surface area contributed by atoms with Gasteiger partial charge in [-0.05, 0) is 35.6 Å². The number of hydrogen-bond donors (Lipinski definition) is 1.